The lowest BCUT2D eigenvalue weighted by Crippen LogP contribution is -1.90. The lowest BCUT2D eigenvalue weighted by atomic mass is 10.1. The van der Waals surface area contributed by atoms with Gasteiger partial charge in [-0.25, -0.2) is 0 Å². The Balaban J connectivity index is 3.21. The third-order valence-corrected chi connectivity index (χ3v) is 2.60. The molecule has 0 saturated carbocycles. The van der Waals surface area contributed by atoms with Crippen molar-refractivity contribution in [2.24, 2.45) is 0 Å². The first-order valence-corrected chi connectivity index (χ1v) is 4.92. The van der Waals surface area contributed by atoms with E-state index < -0.39 is 0 Å². The van der Waals surface area contributed by atoms with Crippen LogP contribution in [0, 0.1) is 21.8 Å². The molecule has 0 atom stereocenters. The van der Waals surface area contributed by atoms with Crippen LogP contribution in [0.3, 0.4) is 0 Å². The Labute approximate surface area is 90.5 Å². The van der Waals surface area contributed by atoms with Gasteiger partial charge in [0.15, 0.2) is 0 Å². The van der Waals surface area contributed by atoms with Gasteiger partial charge in [-0.2, -0.15) is 5.26 Å². The van der Waals surface area contributed by atoms with E-state index in [2.05, 4.69) is 28.7 Å². The first kappa shape index (κ1) is 9.82. The highest BCUT2D eigenvalue weighted by molar-refractivity contribution is 14.1. The summed E-state index contributed by atoms with van der Waals surface area (Å²) < 4.78 is 1.11. The molecule has 0 fully saturated rings. The standard InChI is InChI=1S/C9H7ClIN/c1-6-4-7(11)5-9(10)8(6)2-3-12/h4-5H,2H2,1H3. The second-order valence-corrected chi connectivity index (χ2v) is 4.17. The van der Waals surface area contributed by atoms with Gasteiger partial charge in [-0.1, -0.05) is 11.6 Å². The van der Waals surface area contributed by atoms with Crippen LogP contribution in [0.2, 0.25) is 5.02 Å². The van der Waals surface area contributed by atoms with Gasteiger partial charge in [0.05, 0.1) is 12.5 Å². The van der Waals surface area contributed by atoms with Gasteiger partial charge >= 0.3 is 0 Å². The van der Waals surface area contributed by atoms with Crippen molar-refractivity contribution in [3.05, 3.63) is 31.9 Å². The zero-order valence-corrected chi connectivity index (χ0v) is 9.48. The van der Waals surface area contributed by atoms with Gasteiger partial charge in [-0.15, -0.1) is 0 Å². The van der Waals surface area contributed by atoms with E-state index >= 15 is 0 Å². The SMILES string of the molecule is Cc1cc(I)cc(Cl)c1CC#N. The van der Waals surface area contributed by atoms with Gasteiger partial charge in [0, 0.05) is 8.59 Å². The fraction of sp³-hybridized carbons (Fsp3) is 0.222. The zero-order valence-electron chi connectivity index (χ0n) is 6.56. The molecule has 0 radical (unpaired) electrons. The van der Waals surface area contributed by atoms with Crippen molar-refractivity contribution < 1.29 is 0 Å². The monoisotopic (exact) mass is 291 g/mol. The summed E-state index contributed by atoms with van der Waals surface area (Å²) in [4.78, 5) is 0. The van der Waals surface area contributed by atoms with Crippen molar-refractivity contribution in [3.63, 3.8) is 0 Å². The zero-order chi connectivity index (χ0) is 9.14. The lowest BCUT2D eigenvalue weighted by Gasteiger charge is -2.04. The molecule has 3 heteroatoms. The number of nitriles is 1. The summed E-state index contributed by atoms with van der Waals surface area (Å²) in [6.07, 6.45) is 0.390. The molecule has 0 N–H and O–H groups in total. The van der Waals surface area contributed by atoms with E-state index in [1.807, 2.05) is 19.1 Å². The predicted molar refractivity (Wildman–Crippen MR) is 58.2 cm³/mol. The quantitative estimate of drug-likeness (QED) is 0.728. The van der Waals surface area contributed by atoms with Gasteiger partial charge in [0.2, 0.25) is 0 Å². The Hall–Kier alpha value is -0.270. The Bertz CT molecular complexity index is 318. The Morgan fingerprint density at radius 2 is 2.25 bits per heavy atom. The topological polar surface area (TPSA) is 23.8 Å². The van der Waals surface area contributed by atoms with Crippen molar-refractivity contribution in [3.8, 4) is 6.07 Å². The Morgan fingerprint density at radius 1 is 1.58 bits per heavy atom. The molecule has 0 saturated heterocycles. The van der Waals surface area contributed by atoms with Crippen LogP contribution in [0.4, 0.5) is 0 Å². The van der Waals surface area contributed by atoms with Crippen molar-refractivity contribution in [1.82, 2.24) is 0 Å². The molecular formula is C9H7ClIN. The van der Waals surface area contributed by atoms with E-state index in [9.17, 15) is 0 Å². The smallest absolute Gasteiger partial charge is 0.0670 e. The maximum absolute atomic E-state index is 8.53. The lowest BCUT2D eigenvalue weighted by molar-refractivity contribution is 1.21. The molecule has 0 heterocycles. The third-order valence-electron chi connectivity index (χ3n) is 1.64. The summed E-state index contributed by atoms with van der Waals surface area (Å²) in [6, 6.07) is 6.00. The van der Waals surface area contributed by atoms with E-state index in [0.717, 1.165) is 14.7 Å². The molecule has 0 aliphatic heterocycles. The molecule has 12 heavy (non-hydrogen) atoms. The molecule has 0 amide bonds. The summed E-state index contributed by atoms with van der Waals surface area (Å²) in [5.74, 6) is 0. The van der Waals surface area contributed by atoms with Crippen molar-refractivity contribution in [2.75, 3.05) is 0 Å². The van der Waals surface area contributed by atoms with Crippen LogP contribution >= 0.6 is 34.2 Å². The molecule has 0 aromatic heterocycles. The van der Waals surface area contributed by atoms with Gasteiger partial charge in [0.1, 0.15) is 0 Å². The van der Waals surface area contributed by atoms with Crippen molar-refractivity contribution >= 4 is 34.2 Å². The van der Waals surface area contributed by atoms with Crippen LogP contribution in [-0.4, -0.2) is 0 Å². The molecule has 1 nitrogen and oxygen atoms in total. The van der Waals surface area contributed by atoms with Crippen LogP contribution in [-0.2, 0) is 6.42 Å². The average molecular weight is 292 g/mol. The minimum atomic E-state index is 0.390. The van der Waals surface area contributed by atoms with E-state index in [1.54, 1.807) is 0 Å². The van der Waals surface area contributed by atoms with Crippen LogP contribution in [0.25, 0.3) is 0 Å². The van der Waals surface area contributed by atoms with Gasteiger partial charge in [-0.05, 0) is 52.8 Å². The molecule has 0 aliphatic rings. The van der Waals surface area contributed by atoms with Crippen LogP contribution < -0.4 is 0 Å². The summed E-state index contributed by atoms with van der Waals surface area (Å²) in [6.45, 7) is 1.97. The van der Waals surface area contributed by atoms with E-state index in [0.29, 0.717) is 11.4 Å². The number of hydrogen-bond donors (Lipinski definition) is 0. The van der Waals surface area contributed by atoms with Crippen LogP contribution in [0.15, 0.2) is 12.1 Å². The van der Waals surface area contributed by atoms with E-state index in [4.69, 9.17) is 16.9 Å². The summed E-state index contributed by atoms with van der Waals surface area (Å²) in [5.41, 5.74) is 2.04. The highest BCUT2D eigenvalue weighted by Gasteiger charge is 2.04. The average Bonchev–Trinajstić information content (AvgIpc) is 1.96. The molecule has 0 bridgehead atoms. The van der Waals surface area contributed by atoms with Gasteiger partial charge < -0.3 is 0 Å². The van der Waals surface area contributed by atoms with E-state index in [1.165, 1.54) is 0 Å². The van der Waals surface area contributed by atoms with E-state index in [-0.39, 0.29) is 0 Å². The summed E-state index contributed by atoms with van der Waals surface area (Å²) >= 11 is 8.17. The highest BCUT2D eigenvalue weighted by Crippen LogP contribution is 2.23. The molecular weight excluding hydrogens is 284 g/mol. The predicted octanol–water partition coefficient (Wildman–Crippen LogP) is 3.32. The maximum atomic E-state index is 8.53. The summed E-state index contributed by atoms with van der Waals surface area (Å²) in [7, 11) is 0. The van der Waals surface area contributed by atoms with Gasteiger partial charge in [0.25, 0.3) is 0 Å². The Morgan fingerprint density at radius 3 is 2.75 bits per heavy atom. The van der Waals surface area contributed by atoms with Crippen molar-refractivity contribution in [2.45, 2.75) is 13.3 Å². The highest BCUT2D eigenvalue weighted by atomic mass is 127. The Kier molecular flexibility index (Phi) is 3.36. The number of rotatable bonds is 1. The molecule has 0 spiro atoms. The number of halogens is 2. The molecule has 1 aromatic carbocycles. The molecule has 0 aliphatic carbocycles. The maximum Gasteiger partial charge on any atom is 0.0670 e. The van der Waals surface area contributed by atoms with Crippen LogP contribution in [0.5, 0.6) is 0 Å². The minimum absolute atomic E-state index is 0.390. The number of hydrogen-bond acceptors (Lipinski definition) is 1. The molecule has 62 valence electrons. The number of aryl methyl sites for hydroxylation is 1. The van der Waals surface area contributed by atoms with Gasteiger partial charge in [-0.3, -0.25) is 0 Å². The molecule has 1 rings (SSSR count). The number of nitrogens with zero attached hydrogens (tertiary/aromatic N) is 1. The molecule has 1 aromatic rings. The fourth-order valence-corrected chi connectivity index (χ4v) is 2.33. The van der Waals surface area contributed by atoms with Crippen LogP contribution in [0.1, 0.15) is 11.1 Å². The second kappa shape index (κ2) is 4.11. The minimum Gasteiger partial charge on any atom is -0.198 e. The fourth-order valence-electron chi connectivity index (χ4n) is 1.04. The largest absolute Gasteiger partial charge is 0.198 e. The third kappa shape index (κ3) is 2.11. The summed E-state index contributed by atoms with van der Waals surface area (Å²) in [5, 5.41) is 9.22. The van der Waals surface area contributed by atoms with Crippen molar-refractivity contribution in [1.29, 1.82) is 5.26 Å². The molecule has 0 unspecified atom stereocenters. The second-order valence-electron chi connectivity index (χ2n) is 2.52. The number of benzene rings is 1. The normalized spacial score (nSPS) is 9.50. The first-order valence-electron chi connectivity index (χ1n) is 3.46. The first-order chi connectivity index (χ1) is 5.65.